The average molecular weight is 536 g/mol. The molecule has 30 heavy (non-hydrogen) atoms. The summed E-state index contributed by atoms with van der Waals surface area (Å²) in [7, 11) is 8.65. The van der Waals surface area contributed by atoms with Crippen LogP contribution in [0.5, 0.6) is 11.5 Å². The van der Waals surface area contributed by atoms with Gasteiger partial charge in [0.2, 0.25) is 5.91 Å². The van der Waals surface area contributed by atoms with Crippen LogP contribution in [0, 0.1) is 6.92 Å². The molecule has 8 nitrogen and oxygen atoms in total. The summed E-state index contributed by atoms with van der Waals surface area (Å²) in [6.07, 6.45) is 0.859. The number of aryl methyl sites for hydroxylation is 1. The van der Waals surface area contributed by atoms with E-state index in [1.54, 1.807) is 28.3 Å². The van der Waals surface area contributed by atoms with Gasteiger partial charge < -0.3 is 29.3 Å². The van der Waals surface area contributed by atoms with Crippen molar-refractivity contribution in [2.45, 2.75) is 26.8 Å². The fourth-order valence-electron chi connectivity index (χ4n) is 2.64. The van der Waals surface area contributed by atoms with Crippen LogP contribution >= 0.6 is 24.0 Å². The first-order valence-electron chi connectivity index (χ1n) is 9.82. The molecule has 0 spiro atoms. The number of hydrogen-bond donors (Lipinski definition) is 1. The maximum atomic E-state index is 12.0. The van der Waals surface area contributed by atoms with Gasteiger partial charge in [-0.2, -0.15) is 0 Å². The van der Waals surface area contributed by atoms with Crippen molar-refractivity contribution in [3.8, 4) is 11.5 Å². The Hall–Kier alpha value is -1.75. The third kappa shape index (κ3) is 9.38. The maximum Gasteiger partial charge on any atom is 0.243 e. The summed E-state index contributed by atoms with van der Waals surface area (Å²) in [4.78, 5) is 20.0. The van der Waals surface area contributed by atoms with E-state index in [1.807, 2.05) is 37.9 Å². The topological polar surface area (TPSA) is 75.6 Å². The number of hydrogen-bond acceptors (Lipinski definition) is 5. The van der Waals surface area contributed by atoms with Crippen molar-refractivity contribution in [1.29, 1.82) is 0 Å². The largest absolute Gasteiger partial charge is 0.493 e. The zero-order chi connectivity index (χ0) is 21.8. The van der Waals surface area contributed by atoms with Gasteiger partial charge in [-0.3, -0.25) is 4.79 Å². The van der Waals surface area contributed by atoms with Gasteiger partial charge in [0.15, 0.2) is 17.5 Å². The second-order valence-electron chi connectivity index (χ2n) is 6.89. The number of carbonyl (C=O) groups excluding carboxylic acids is 1. The number of ether oxygens (including phenoxy) is 3. The molecule has 1 N–H and O–H groups in total. The van der Waals surface area contributed by atoms with Crippen LogP contribution < -0.4 is 14.8 Å². The van der Waals surface area contributed by atoms with E-state index in [-0.39, 0.29) is 36.4 Å². The van der Waals surface area contributed by atoms with Crippen LogP contribution in [0.3, 0.4) is 0 Å². The molecule has 0 saturated heterocycles. The maximum absolute atomic E-state index is 12.0. The number of methoxy groups -OCH3 is 2. The lowest BCUT2D eigenvalue weighted by Crippen LogP contribution is -2.40. The lowest BCUT2D eigenvalue weighted by atomic mass is 10.1. The highest BCUT2D eigenvalue weighted by Gasteiger charge is 2.13. The lowest BCUT2D eigenvalue weighted by molar-refractivity contribution is -0.127. The van der Waals surface area contributed by atoms with E-state index in [0.29, 0.717) is 43.8 Å². The number of nitrogens with zero attached hydrogens (tertiary/aromatic N) is 3. The molecule has 1 amide bonds. The molecule has 0 bridgehead atoms. The molecule has 1 rings (SSSR count). The van der Waals surface area contributed by atoms with Crippen molar-refractivity contribution in [1.82, 2.24) is 15.1 Å². The molecule has 0 aliphatic rings. The van der Waals surface area contributed by atoms with Crippen LogP contribution in [-0.2, 0) is 16.1 Å². The van der Waals surface area contributed by atoms with Gasteiger partial charge in [-0.1, -0.05) is 0 Å². The summed E-state index contributed by atoms with van der Waals surface area (Å²) < 4.78 is 16.2. The smallest absolute Gasteiger partial charge is 0.243 e. The minimum Gasteiger partial charge on any atom is -0.493 e. The van der Waals surface area contributed by atoms with Gasteiger partial charge in [-0.15, -0.1) is 24.0 Å². The number of guanidine groups is 1. The second-order valence-corrected chi connectivity index (χ2v) is 6.89. The second kappa shape index (κ2) is 15.1. The van der Waals surface area contributed by atoms with Crippen molar-refractivity contribution >= 4 is 35.8 Å². The molecule has 0 aromatic heterocycles. The van der Waals surface area contributed by atoms with Crippen LogP contribution in [-0.4, -0.2) is 83.3 Å². The zero-order valence-corrected chi connectivity index (χ0v) is 21.6. The van der Waals surface area contributed by atoms with Gasteiger partial charge in [0.25, 0.3) is 0 Å². The highest BCUT2D eigenvalue weighted by atomic mass is 127. The van der Waals surface area contributed by atoms with Crippen molar-refractivity contribution in [2.24, 2.45) is 4.99 Å². The first kappa shape index (κ1) is 28.2. The highest BCUT2D eigenvalue weighted by Crippen LogP contribution is 2.30. The highest BCUT2D eigenvalue weighted by molar-refractivity contribution is 14.0. The Morgan fingerprint density at radius 2 is 1.77 bits per heavy atom. The molecule has 172 valence electrons. The van der Waals surface area contributed by atoms with Crippen molar-refractivity contribution in [3.63, 3.8) is 0 Å². The first-order valence-corrected chi connectivity index (χ1v) is 9.82. The Labute approximate surface area is 198 Å². The number of amides is 1. The van der Waals surface area contributed by atoms with Gasteiger partial charge in [0.05, 0.1) is 14.2 Å². The number of benzene rings is 1. The molecule has 1 aromatic carbocycles. The molecule has 0 radical (unpaired) electrons. The molecule has 0 saturated carbocycles. The molecule has 1 aromatic rings. The van der Waals surface area contributed by atoms with Crippen molar-refractivity contribution in [2.75, 3.05) is 61.7 Å². The molecule has 9 heteroatoms. The van der Waals surface area contributed by atoms with E-state index >= 15 is 0 Å². The van der Waals surface area contributed by atoms with E-state index in [0.717, 1.165) is 17.5 Å². The van der Waals surface area contributed by atoms with Crippen LogP contribution in [0.15, 0.2) is 17.1 Å². The van der Waals surface area contributed by atoms with Crippen molar-refractivity contribution in [3.05, 3.63) is 23.3 Å². The Kier molecular flexibility index (Phi) is 14.2. The monoisotopic (exact) mass is 536 g/mol. The number of likely N-dealkylation sites (N-methyl/N-ethyl adjacent to an activating group) is 1. The molecule has 0 heterocycles. The van der Waals surface area contributed by atoms with Gasteiger partial charge in [0, 0.05) is 47.4 Å². The minimum atomic E-state index is -0.0469. The van der Waals surface area contributed by atoms with Crippen molar-refractivity contribution < 1.29 is 19.0 Å². The molecule has 0 aliphatic heterocycles. The molecule has 0 aliphatic carbocycles. The zero-order valence-electron chi connectivity index (χ0n) is 19.3. The summed E-state index contributed by atoms with van der Waals surface area (Å²) in [5, 5.41) is 3.33. The predicted molar refractivity (Wildman–Crippen MR) is 131 cm³/mol. The van der Waals surface area contributed by atoms with E-state index in [2.05, 4.69) is 10.3 Å². The summed E-state index contributed by atoms with van der Waals surface area (Å²) in [5.41, 5.74) is 2.18. The first-order chi connectivity index (χ1) is 13.8. The van der Waals surface area contributed by atoms with E-state index in [4.69, 9.17) is 14.2 Å². The number of nitrogens with one attached hydrogen (secondary N) is 1. The summed E-state index contributed by atoms with van der Waals surface area (Å²) in [6, 6.07) is 3.94. The Morgan fingerprint density at radius 1 is 1.13 bits per heavy atom. The number of aliphatic imine (C=N–C) groups is 1. The number of halogens is 1. The number of carbonyl (C=O) groups is 1. The van der Waals surface area contributed by atoms with Crippen LogP contribution in [0.25, 0.3) is 0 Å². The Morgan fingerprint density at radius 3 is 2.33 bits per heavy atom. The quantitative estimate of drug-likeness (QED) is 0.203. The SMILES string of the molecule is CCOCCCNC(=NCC(=O)N(C)C)N(C)Cc1cc(OC)c(OC)cc1C.I. The third-order valence-electron chi connectivity index (χ3n) is 4.43. The van der Waals surface area contributed by atoms with Gasteiger partial charge >= 0.3 is 0 Å². The standard InChI is InChI=1S/C21H36N4O4.HI/c1-8-29-11-9-10-22-21(23-14-20(26)24(3)4)25(5)15-17-13-19(28-7)18(27-6)12-16(17)2;/h12-13H,8-11,14-15H2,1-7H3,(H,22,23);1H. The average Bonchev–Trinajstić information content (AvgIpc) is 2.70. The predicted octanol–water partition coefficient (Wildman–Crippen LogP) is 2.52. The molecule has 0 fully saturated rings. The Bertz CT molecular complexity index is 683. The van der Waals surface area contributed by atoms with Gasteiger partial charge in [-0.25, -0.2) is 4.99 Å². The molecular formula is C21H37IN4O4. The normalized spacial score (nSPS) is 10.8. The summed E-state index contributed by atoms with van der Waals surface area (Å²) in [6.45, 7) is 6.82. The van der Waals surface area contributed by atoms with Gasteiger partial charge in [0.1, 0.15) is 6.54 Å². The third-order valence-corrected chi connectivity index (χ3v) is 4.43. The summed E-state index contributed by atoms with van der Waals surface area (Å²) in [5.74, 6) is 2.02. The number of rotatable bonds is 11. The van der Waals surface area contributed by atoms with Crippen LogP contribution in [0.4, 0.5) is 0 Å². The van der Waals surface area contributed by atoms with Gasteiger partial charge in [-0.05, 0) is 43.5 Å². The fraction of sp³-hybridized carbons (Fsp3) is 0.619. The van der Waals surface area contributed by atoms with E-state index in [9.17, 15) is 4.79 Å². The molecule has 0 atom stereocenters. The summed E-state index contributed by atoms with van der Waals surface area (Å²) >= 11 is 0. The molecular weight excluding hydrogens is 499 g/mol. The van der Waals surface area contributed by atoms with E-state index < -0.39 is 0 Å². The fourth-order valence-corrected chi connectivity index (χ4v) is 2.64. The molecule has 0 unspecified atom stereocenters. The Balaban J connectivity index is 0.00000841. The minimum absolute atomic E-state index is 0. The van der Waals surface area contributed by atoms with Crippen LogP contribution in [0.1, 0.15) is 24.5 Å². The van der Waals surface area contributed by atoms with Crippen LogP contribution in [0.2, 0.25) is 0 Å². The lowest BCUT2D eigenvalue weighted by Gasteiger charge is -2.24. The van der Waals surface area contributed by atoms with E-state index in [1.165, 1.54) is 4.90 Å².